The molecule has 21 nitrogen and oxygen atoms in total. The molecule has 45 heavy (non-hydrogen) atoms. The Kier molecular flexibility index (Phi) is 22.0. The topological polar surface area (TPSA) is 400 Å². The van der Waals surface area contributed by atoms with E-state index in [9.17, 15) is 54.1 Å². The molecular weight excluding hydrogens is 985 g/mol. The van der Waals surface area contributed by atoms with Crippen LogP contribution in [0.2, 0.25) is 0 Å². The second kappa shape index (κ2) is 17.4. The molecule has 0 amide bonds. The minimum atomic E-state index is -5.50. The van der Waals surface area contributed by atoms with Gasteiger partial charge in [-0.15, -0.1) is 0 Å². The normalized spacial score (nSPS) is 21.2. The molecule has 0 aromatic rings. The van der Waals surface area contributed by atoms with Gasteiger partial charge in [-0.3, -0.25) is 36.5 Å². The maximum absolute atomic E-state index is 12.7. The molecule has 0 aromatic carbocycles. The summed E-state index contributed by atoms with van der Waals surface area (Å²) in [5.74, 6) is 0. The molecule has 0 bridgehead atoms. The fourth-order valence-corrected chi connectivity index (χ4v) is 8.05. The number of halogens is 8. The lowest BCUT2D eigenvalue weighted by Crippen LogP contribution is -2.14. The Bertz CT molecular complexity index is 1070. The molecule has 0 aliphatic heterocycles. The standard InChI is InChI=1S/C2H6BrFO5P2.2C2H6ClFO5P2.CH4BrFO6P2.CH4/c3*1-10(5,6)2(3,4)11(7,8)9;2-1(3,10(4,5)6)11(7,8)9;/h3*1H3,(H,5,6)(H2,7,8,9);(H2,4,5,6)(H2,7,8,9);1H4/i2*4-1;;;. The highest BCUT2D eigenvalue weighted by molar-refractivity contribution is 9.12. The monoisotopic (exact) mass is 1010 g/mol. The van der Waals surface area contributed by atoms with Crippen LogP contribution in [0.1, 0.15) is 7.43 Å². The lowest BCUT2D eigenvalue weighted by atomic mass is 11.7. The smallest absolute Gasteiger partial charge is 0.341 e. The van der Waals surface area contributed by atoms with E-state index in [1.807, 2.05) is 15.9 Å². The molecule has 6 unspecified atom stereocenters. The molecule has 0 aromatic heterocycles. The molecule has 0 fully saturated rings. The van der Waals surface area contributed by atoms with Crippen LogP contribution in [-0.4, -0.2) is 101 Å². The van der Waals surface area contributed by atoms with Gasteiger partial charge in [0, 0.05) is 20.0 Å². The van der Waals surface area contributed by atoms with Crippen LogP contribution in [-0.2, 0) is 36.5 Å². The van der Waals surface area contributed by atoms with E-state index in [-0.39, 0.29) is 7.43 Å². The molecule has 0 aliphatic carbocycles. The first-order valence-corrected chi connectivity index (χ1v) is 25.4. The SMILES string of the molecule is C.CP(=O)(O)C(F)(Cl)P(=O)(O)O.CP(=O)(O)C([18F])(Br)P(=O)(O)O.CP(=O)(O)C([18F])(Cl)P(=O)(O)O.O=P(O)(O)C(F)(Br)P(=O)(O)O. The Morgan fingerprint density at radius 3 is 0.578 bits per heavy atom. The van der Waals surface area contributed by atoms with Crippen molar-refractivity contribution in [2.24, 2.45) is 0 Å². The van der Waals surface area contributed by atoms with Crippen molar-refractivity contribution < 1.29 is 118 Å². The van der Waals surface area contributed by atoms with Crippen LogP contribution in [0.25, 0.3) is 0 Å². The third-order valence-corrected chi connectivity index (χ3v) is 26.3. The van der Waals surface area contributed by atoms with Gasteiger partial charge in [0.05, 0.1) is 0 Å². The second-order valence-electron chi connectivity index (χ2n) is 7.40. The second-order valence-corrected chi connectivity index (χ2v) is 31.2. The van der Waals surface area contributed by atoms with E-state index in [2.05, 4.69) is 23.2 Å². The summed E-state index contributed by atoms with van der Waals surface area (Å²) in [6, 6.07) is 0. The molecule has 13 N–H and O–H groups in total. The highest BCUT2D eigenvalue weighted by Gasteiger charge is 2.61. The first-order valence-electron chi connectivity index (χ1n) is 8.70. The van der Waals surface area contributed by atoms with Crippen molar-refractivity contribution in [3.63, 3.8) is 0 Å². The molecule has 6 atom stereocenters. The molecule has 280 valence electrons. The largest absolute Gasteiger partial charge is 0.388 e. The molecular formula is C8H26Br2Cl2F4O21P8. The molecule has 0 aliphatic rings. The van der Waals surface area contributed by atoms with Gasteiger partial charge in [-0.1, -0.05) is 30.6 Å². The lowest BCUT2D eigenvalue weighted by Gasteiger charge is -2.21. The summed E-state index contributed by atoms with van der Waals surface area (Å²) in [5.41, 5.74) is 0. The van der Waals surface area contributed by atoms with Crippen LogP contribution < -0.4 is 0 Å². The Labute approximate surface area is 276 Å². The zero-order valence-corrected chi connectivity index (χ0v) is 32.5. The van der Waals surface area contributed by atoms with Crippen molar-refractivity contribution in [3.8, 4) is 0 Å². The zero-order chi connectivity index (χ0) is 38.0. The van der Waals surface area contributed by atoms with Crippen LogP contribution in [0.15, 0.2) is 0 Å². The van der Waals surface area contributed by atoms with Gasteiger partial charge in [0.15, 0.2) is 0 Å². The Morgan fingerprint density at radius 1 is 0.422 bits per heavy atom. The van der Waals surface area contributed by atoms with Crippen LogP contribution >= 0.6 is 115 Å². The Balaban J connectivity index is -0.000000157. The summed E-state index contributed by atoms with van der Waals surface area (Å²) in [6.07, 6.45) is 0. The fraction of sp³-hybridized carbons (Fsp3) is 1.00. The Hall–Kier alpha value is 2.58. The molecule has 0 saturated carbocycles. The zero-order valence-electron chi connectivity index (χ0n) is 20.7. The van der Waals surface area contributed by atoms with E-state index in [1.54, 1.807) is 15.9 Å². The van der Waals surface area contributed by atoms with Crippen LogP contribution in [0.3, 0.4) is 0 Å². The average Bonchev–Trinajstić information content (AvgIpc) is 2.62. The van der Waals surface area contributed by atoms with Gasteiger partial charge in [-0.05, 0) is 31.9 Å². The van der Waals surface area contributed by atoms with Gasteiger partial charge >= 0.3 is 55.3 Å². The van der Waals surface area contributed by atoms with Gasteiger partial charge in [-0.25, -0.2) is 17.6 Å². The maximum atomic E-state index is 12.7. The highest BCUT2D eigenvalue weighted by Crippen LogP contribution is 2.75. The summed E-state index contributed by atoms with van der Waals surface area (Å²) in [5, 5.41) is 0. The maximum Gasteiger partial charge on any atom is 0.388 e. The molecule has 37 heteroatoms. The van der Waals surface area contributed by atoms with E-state index in [0.29, 0.717) is 20.0 Å². The van der Waals surface area contributed by atoms with Crippen LogP contribution in [0, 0.1) is 0 Å². The minimum absolute atomic E-state index is 0. The van der Waals surface area contributed by atoms with Crippen LogP contribution in [0.4, 0.5) is 17.6 Å². The summed E-state index contributed by atoms with van der Waals surface area (Å²) in [6.45, 7) is 1.37. The average molecular weight is 1010 g/mol. The number of hydrogen-bond donors (Lipinski definition) is 13. The van der Waals surface area contributed by atoms with E-state index >= 15 is 0 Å². The van der Waals surface area contributed by atoms with Crippen molar-refractivity contribution in [2.75, 3.05) is 20.0 Å². The van der Waals surface area contributed by atoms with Crippen molar-refractivity contribution in [1.29, 1.82) is 0 Å². The summed E-state index contributed by atoms with van der Waals surface area (Å²) >= 11 is 12.6. The molecule has 0 rings (SSSR count). The van der Waals surface area contributed by atoms with Crippen molar-refractivity contribution in [3.05, 3.63) is 0 Å². The van der Waals surface area contributed by atoms with Crippen molar-refractivity contribution in [1.82, 2.24) is 0 Å². The van der Waals surface area contributed by atoms with Crippen molar-refractivity contribution >= 4 is 115 Å². The summed E-state index contributed by atoms with van der Waals surface area (Å²) in [4.78, 5) is 107. The predicted molar refractivity (Wildman–Crippen MR) is 159 cm³/mol. The van der Waals surface area contributed by atoms with Crippen molar-refractivity contribution in [2.45, 2.75) is 24.8 Å². The van der Waals surface area contributed by atoms with Crippen LogP contribution in [0.5, 0.6) is 0 Å². The van der Waals surface area contributed by atoms with Gasteiger partial charge in [-0.2, -0.15) is 0 Å². The van der Waals surface area contributed by atoms with E-state index in [0.717, 1.165) is 0 Å². The summed E-state index contributed by atoms with van der Waals surface area (Å²) < 4.78 is 117. The van der Waals surface area contributed by atoms with Gasteiger partial charge < -0.3 is 63.6 Å². The third kappa shape index (κ3) is 16.6. The third-order valence-electron chi connectivity index (χ3n) is 3.25. The van der Waals surface area contributed by atoms with E-state index in [1.165, 1.54) is 0 Å². The lowest BCUT2D eigenvalue weighted by molar-refractivity contribution is 0.279. The number of hydrogen-bond acceptors (Lipinski definition) is 8. The quantitative estimate of drug-likeness (QED) is 0.0935. The van der Waals surface area contributed by atoms with E-state index < -0.39 is 77.4 Å². The van der Waals surface area contributed by atoms with Gasteiger partial charge in [0.2, 0.25) is 0 Å². The first kappa shape index (κ1) is 56.9. The number of alkyl halides is 8. The van der Waals surface area contributed by atoms with Gasteiger partial charge in [0.1, 0.15) is 0 Å². The van der Waals surface area contributed by atoms with Gasteiger partial charge in [0.25, 0.3) is 22.1 Å². The minimum Gasteiger partial charge on any atom is -0.341 e. The summed E-state index contributed by atoms with van der Waals surface area (Å²) in [7, 11) is -40.9. The molecule has 0 spiro atoms. The molecule has 0 saturated heterocycles. The first-order chi connectivity index (χ1) is 18.0. The van der Waals surface area contributed by atoms with E-state index in [4.69, 9.17) is 63.6 Å². The fourth-order valence-electron chi connectivity index (χ4n) is 0.895. The molecule has 0 heterocycles. The number of rotatable bonds is 8. The Morgan fingerprint density at radius 2 is 0.578 bits per heavy atom. The predicted octanol–water partition coefficient (Wildman–Crippen LogP) is 3.76. The highest BCUT2D eigenvalue weighted by atomic mass is 79.9. The molecule has 0 radical (unpaired) electrons.